The molecule has 2 aliphatic rings. The van der Waals surface area contributed by atoms with Crippen molar-refractivity contribution >= 4 is 11.8 Å². The number of rotatable bonds is 2. The molecular weight excluding hydrogens is 262 g/mol. The van der Waals surface area contributed by atoms with E-state index in [9.17, 15) is 9.59 Å². The number of hydrogen-bond acceptors (Lipinski definition) is 2. The first kappa shape index (κ1) is 15.7. The number of carbonyl (C=O) groups excluding carboxylic acids is 2. The van der Waals surface area contributed by atoms with Crippen molar-refractivity contribution in [1.29, 1.82) is 0 Å². The van der Waals surface area contributed by atoms with Crippen LogP contribution in [0.2, 0.25) is 0 Å². The molecule has 0 aromatic carbocycles. The summed E-state index contributed by atoms with van der Waals surface area (Å²) in [5, 5.41) is 2.45. The number of hydrogen-bond donors (Lipinski definition) is 1. The van der Waals surface area contributed by atoms with E-state index < -0.39 is 0 Å². The molecule has 114 valence electrons. The summed E-state index contributed by atoms with van der Waals surface area (Å²) < 4.78 is 0. The van der Waals surface area contributed by atoms with Gasteiger partial charge in [-0.2, -0.15) is 0 Å². The molecule has 2 rings (SSSR count). The minimum absolute atomic E-state index is 0.00523. The minimum Gasteiger partial charge on any atom is -0.296 e. The highest BCUT2D eigenvalue weighted by Crippen LogP contribution is 2.34. The van der Waals surface area contributed by atoms with Crippen molar-refractivity contribution in [1.82, 2.24) is 5.32 Å². The van der Waals surface area contributed by atoms with E-state index in [4.69, 9.17) is 0 Å². The van der Waals surface area contributed by atoms with Crippen molar-refractivity contribution in [2.45, 2.75) is 40.5 Å². The van der Waals surface area contributed by atoms with Crippen LogP contribution in [0.4, 0.5) is 0 Å². The van der Waals surface area contributed by atoms with Gasteiger partial charge >= 0.3 is 0 Å². The Morgan fingerprint density at radius 1 is 1.29 bits per heavy atom. The number of piperidine rings is 1. The lowest BCUT2D eigenvalue weighted by Crippen LogP contribution is -2.41. The number of imide groups is 1. The molecule has 2 amide bonds. The molecule has 0 spiro atoms. The smallest absolute Gasteiger partial charge is 0.234 e. The Bertz CT molecular complexity index is 527. The molecule has 1 saturated heterocycles. The summed E-state index contributed by atoms with van der Waals surface area (Å²) in [4.78, 5) is 23.4. The Morgan fingerprint density at radius 2 is 2.00 bits per heavy atom. The van der Waals surface area contributed by atoms with Crippen molar-refractivity contribution in [3.05, 3.63) is 36.0 Å². The molecule has 0 aromatic heterocycles. The maximum absolute atomic E-state index is 12.1. The fourth-order valence-corrected chi connectivity index (χ4v) is 2.73. The van der Waals surface area contributed by atoms with Gasteiger partial charge in [0.05, 0.1) is 5.92 Å². The highest BCUT2D eigenvalue weighted by molar-refractivity contribution is 6.00. The van der Waals surface area contributed by atoms with E-state index in [2.05, 4.69) is 63.4 Å². The quantitative estimate of drug-likeness (QED) is 0.625. The molecule has 1 aliphatic heterocycles. The van der Waals surface area contributed by atoms with E-state index in [-0.39, 0.29) is 29.1 Å². The van der Waals surface area contributed by atoms with E-state index in [1.807, 2.05) is 0 Å². The fourth-order valence-electron chi connectivity index (χ4n) is 2.73. The Labute approximate surface area is 127 Å². The second-order valence-electron chi connectivity index (χ2n) is 6.74. The molecule has 1 heterocycles. The Kier molecular flexibility index (Phi) is 4.50. The fraction of sp³-hybridized carbons (Fsp3) is 0.556. The number of nitrogens with one attached hydrogen (secondary N) is 1. The van der Waals surface area contributed by atoms with Gasteiger partial charge in [-0.1, -0.05) is 58.1 Å². The minimum atomic E-state index is -0.204. The molecule has 1 fully saturated rings. The predicted molar refractivity (Wildman–Crippen MR) is 84.3 cm³/mol. The zero-order chi connectivity index (χ0) is 15.6. The summed E-state index contributed by atoms with van der Waals surface area (Å²) in [5.41, 5.74) is 1.03. The van der Waals surface area contributed by atoms with Crippen LogP contribution < -0.4 is 5.32 Å². The summed E-state index contributed by atoms with van der Waals surface area (Å²) >= 11 is 0. The maximum Gasteiger partial charge on any atom is 0.234 e. The third-order valence-electron chi connectivity index (χ3n) is 4.73. The molecule has 3 unspecified atom stereocenters. The zero-order valence-corrected chi connectivity index (χ0v) is 13.3. The second-order valence-corrected chi connectivity index (χ2v) is 6.74. The van der Waals surface area contributed by atoms with E-state index in [1.54, 1.807) is 0 Å². The van der Waals surface area contributed by atoms with E-state index >= 15 is 0 Å². The van der Waals surface area contributed by atoms with Gasteiger partial charge in [-0.3, -0.25) is 14.9 Å². The van der Waals surface area contributed by atoms with Gasteiger partial charge in [-0.15, -0.1) is 0 Å². The lowest BCUT2D eigenvalue weighted by Gasteiger charge is -2.30. The van der Waals surface area contributed by atoms with Gasteiger partial charge in [-0.05, 0) is 23.8 Å². The molecular formula is C18H25NO2. The molecule has 3 atom stereocenters. The average Bonchev–Trinajstić information content (AvgIpc) is 2.40. The first-order chi connectivity index (χ1) is 9.82. The van der Waals surface area contributed by atoms with Gasteiger partial charge in [0.25, 0.3) is 0 Å². The molecule has 0 saturated carbocycles. The Morgan fingerprint density at radius 3 is 2.62 bits per heavy atom. The van der Waals surface area contributed by atoms with E-state index in [0.29, 0.717) is 18.8 Å². The van der Waals surface area contributed by atoms with Gasteiger partial charge in [0.15, 0.2) is 0 Å². The van der Waals surface area contributed by atoms with Gasteiger partial charge in [0.1, 0.15) is 0 Å². The topological polar surface area (TPSA) is 46.2 Å². The van der Waals surface area contributed by atoms with Crippen LogP contribution in [-0.4, -0.2) is 11.8 Å². The second kappa shape index (κ2) is 6.00. The predicted octanol–water partition coefficient (Wildman–Crippen LogP) is 3.39. The summed E-state index contributed by atoms with van der Waals surface area (Å²) in [5.74, 6) is 0.243. The number of allylic oxidation sites excluding steroid dienone is 5. The summed E-state index contributed by atoms with van der Waals surface area (Å²) in [6.07, 6.45) is 11.9. The summed E-state index contributed by atoms with van der Waals surface area (Å²) in [7, 11) is 0. The Balaban J connectivity index is 2.31. The van der Waals surface area contributed by atoms with Crippen molar-refractivity contribution < 1.29 is 9.59 Å². The molecule has 21 heavy (non-hydrogen) atoms. The lowest BCUT2D eigenvalue weighted by atomic mass is 9.75. The Hall–Kier alpha value is -1.64. The van der Waals surface area contributed by atoms with Crippen molar-refractivity contribution in [3.63, 3.8) is 0 Å². The molecule has 3 nitrogen and oxygen atoms in total. The average molecular weight is 287 g/mol. The highest BCUT2D eigenvalue weighted by atomic mass is 16.2. The van der Waals surface area contributed by atoms with Crippen LogP contribution in [0.1, 0.15) is 40.5 Å². The molecule has 1 N–H and O–H groups in total. The summed E-state index contributed by atoms with van der Waals surface area (Å²) in [6.45, 7) is 8.75. The van der Waals surface area contributed by atoms with Crippen LogP contribution in [0.15, 0.2) is 36.0 Å². The first-order valence-corrected chi connectivity index (χ1v) is 7.76. The van der Waals surface area contributed by atoms with Gasteiger partial charge < -0.3 is 0 Å². The van der Waals surface area contributed by atoms with E-state index in [0.717, 1.165) is 5.57 Å². The number of amides is 2. The first-order valence-electron chi connectivity index (χ1n) is 7.76. The van der Waals surface area contributed by atoms with Gasteiger partial charge in [-0.25, -0.2) is 0 Å². The van der Waals surface area contributed by atoms with Crippen molar-refractivity contribution in [2.75, 3.05) is 0 Å². The largest absolute Gasteiger partial charge is 0.296 e. The standard InChI is InChI=1S/C18H25NO2/c1-12(2)18(4)9-7-13(3)11-14(8-10-18)15-5-6-16(20)19-17(15)21/h7-13,15H,5-6H2,1-4H3,(H,19,20,21)/b9-7-,10-8-,14-11+. The van der Waals surface area contributed by atoms with Crippen LogP contribution >= 0.6 is 0 Å². The number of carbonyl (C=O) groups is 2. The molecule has 0 aromatic rings. The van der Waals surface area contributed by atoms with Gasteiger partial charge in [0.2, 0.25) is 11.8 Å². The molecule has 3 heteroatoms. The van der Waals surface area contributed by atoms with Crippen LogP contribution in [0.25, 0.3) is 0 Å². The van der Waals surface area contributed by atoms with Crippen LogP contribution in [0.5, 0.6) is 0 Å². The summed E-state index contributed by atoms with van der Waals surface area (Å²) in [6, 6.07) is 0. The normalized spacial score (nSPS) is 39.0. The highest BCUT2D eigenvalue weighted by Gasteiger charge is 2.30. The zero-order valence-electron chi connectivity index (χ0n) is 13.3. The lowest BCUT2D eigenvalue weighted by molar-refractivity contribution is -0.135. The van der Waals surface area contributed by atoms with E-state index in [1.165, 1.54) is 0 Å². The molecule has 0 bridgehead atoms. The SMILES string of the molecule is CC1/C=C\C(C)(C(C)C)/C=C\C(C2CCC(=O)NC2=O)=C/1. The van der Waals surface area contributed by atoms with Crippen molar-refractivity contribution in [2.24, 2.45) is 23.2 Å². The van der Waals surface area contributed by atoms with Crippen molar-refractivity contribution in [3.8, 4) is 0 Å². The monoisotopic (exact) mass is 287 g/mol. The van der Waals surface area contributed by atoms with Crippen LogP contribution in [0, 0.1) is 23.2 Å². The van der Waals surface area contributed by atoms with Crippen LogP contribution in [0.3, 0.4) is 0 Å². The third kappa shape index (κ3) is 3.52. The van der Waals surface area contributed by atoms with Crippen LogP contribution in [-0.2, 0) is 9.59 Å². The maximum atomic E-state index is 12.1. The van der Waals surface area contributed by atoms with Gasteiger partial charge in [0, 0.05) is 11.8 Å². The molecule has 0 radical (unpaired) electrons. The molecule has 1 aliphatic carbocycles. The third-order valence-corrected chi connectivity index (χ3v) is 4.73.